The molecule has 2 aliphatic rings. The summed E-state index contributed by atoms with van der Waals surface area (Å²) in [5.74, 6) is -4.85. The highest BCUT2D eigenvalue weighted by Crippen LogP contribution is 2.43. The zero-order chi connectivity index (χ0) is 48.8. The van der Waals surface area contributed by atoms with Crippen molar-refractivity contribution >= 4 is 69.3 Å². The minimum absolute atomic E-state index is 0.00850. The van der Waals surface area contributed by atoms with Gasteiger partial charge in [0.15, 0.2) is 28.4 Å². The second-order valence-corrected chi connectivity index (χ2v) is 18.3. The van der Waals surface area contributed by atoms with Crippen molar-refractivity contribution in [1.29, 1.82) is 0 Å². The third-order valence-corrected chi connectivity index (χ3v) is 14.2. The van der Waals surface area contributed by atoms with Gasteiger partial charge in [-0.25, -0.2) is 14.6 Å². The summed E-state index contributed by atoms with van der Waals surface area (Å²) in [4.78, 5) is 67.4. The van der Waals surface area contributed by atoms with Gasteiger partial charge in [-0.3, -0.25) is 14.5 Å². The number of alkyl halides is 1. The molecule has 2 amide bonds. The Kier molecular flexibility index (Phi) is 14.0. The predicted octanol–water partition coefficient (Wildman–Crippen LogP) is 8.73. The summed E-state index contributed by atoms with van der Waals surface area (Å²) in [5, 5.41) is 42.8. The number of fused-ring (bicyclic) bond motifs is 1. The Morgan fingerprint density at radius 3 is 1.83 bits per heavy atom. The quantitative estimate of drug-likeness (QED) is 0.0111. The molecule has 3 atom stereocenters. The number of thiazole rings is 1. The molecule has 0 spiro atoms. The molecule has 6 aromatic carbocycles. The van der Waals surface area contributed by atoms with E-state index in [0.717, 1.165) is 39.0 Å². The monoisotopic (exact) mass is 991 g/mol. The van der Waals surface area contributed by atoms with Gasteiger partial charge < -0.3 is 35.5 Å². The molecule has 0 saturated carbocycles. The van der Waals surface area contributed by atoms with Crippen LogP contribution in [0.3, 0.4) is 0 Å². The minimum atomic E-state index is -1.76. The summed E-state index contributed by atoms with van der Waals surface area (Å²) in [6.07, 6.45) is -2.69. The first-order valence-electron chi connectivity index (χ1n) is 21.8. The number of amides is 2. The molecule has 0 radical (unpaired) electrons. The number of phenolic OH excluding ortho intramolecular Hbond substituents is 2. The average Bonchev–Trinajstić information content (AvgIpc) is 3.87. The Hall–Kier alpha value is -7.92. The van der Waals surface area contributed by atoms with Crippen molar-refractivity contribution in [3.05, 3.63) is 226 Å². The molecule has 9 rings (SSSR count). The van der Waals surface area contributed by atoms with Gasteiger partial charge in [0.1, 0.15) is 28.3 Å². The standard InChI is InChI=1S/C53H42ClN5O9S2/c54-29-35-30-69-49-43(48(63)59(49)44(35)50(64)65)56-47(62)42(39-31-70-52(55-39)57-53(36-20-10-3-11-21-36,37-22-12-4-13-23-37)38-24-14-5-15-25-38)58-68-46(34-26-27-40(60)41(61)28-34)51(66)67-45(32-16-6-1-7-17-32)33-18-8-2-9-19-33/h1-28,31,43,45-46,49,60-61H,29-30H2,(H,55,57)(H,56,62)(H,64,65)/t43?,46-,49-/m0/s1. The summed E-state index contributed by atoms with van der Waals surface area (Å²) in [5.41, 5.74) is 2.56. The van der Waals surface area contributed by atoms with E-state index in [2.05, 4.69) is 15.8 Å². The summed E-state index contributed by atoms with van der Waals surface area (Å²) in [7, 11) is 0. The molecule has 2 aliphatic heterocycles. The molecule has 352 valence electrons. The number of carbonyl (C=O) groups excluding carboxylic acids is 3. The van der Waals surface area contributed by atoms with Crippen molar-refractivity contribution in [2.45, 2.75) is 29.2 Å². The number of β-lactam (4-membered cyclic amide) rings is 1. The van der Waals surface area contributed by atoms with Gasteiger partial charge in [0.2, 0.25) is 6.10 Å². The Balaban J connectivity index is 1.12. The molecule has 14 nitrogen and oxygen atoms in total. The zero-order valence-corrected chi connectivity index (χ0v) is 39.2. The summed E-state index contributed by atoms with van der Waals surface area (Å²) < 4.78 is 6.19. The number of nitrogens with one attached hydrogen (secondary N) is 2. The largest absolute Gasteiger partial charge is 0.504 e. The molecule has 1 saturated heterocycles. The number of carboxylic acid groups (broad SMARTS) is 1. The molecular weight excluding hydrogens is 950 g/mol. The van der Waals surface area contributed by atoms with Gasteiger partial charge in [0.25, 0.3) is 11.8 Å². The van der Waals surface area contributed by atoms with Crippen LogP contribution in [0.4, 0.5) is 5.13 Å². The van der Waals surface area contributed by atoms with Crippen molar-refractivity contribution in [1.82, 2.24) is 15.2 Å². The minimum Gasteiger partial charge on any atom is -0.504 e. The maximum absolute atomic E-state index is 14.7. The predicted molar refractivity (Wildman–Crippen MR) is 266 cm³/mol. The van der Waals surface area contributed by atoms with E-state index in [1.165, 1.54) is 23.9 Å². The molecule has 17 heteroatoms. The molecule has 0 aliphatic carbocycles. The van der Waals surface area contributed by atoms with E-state index in [9.17, 15) is 34.5 Å². The van der Waals surface area contributed by atoms with Crippen LogP contribution < -0.4 is 10.6 Å². The lowest BCUT2D eigenvalue weighted by molar-refractivity contribution is -0.162. The van der Waals surface area contributed by atoms with Crippen LogP contribution in [0.5, 0.6) is 11.5 Å². The van der Waals surface area contributed by atoms with Crippen LogP contribution in [0.15, 0.2) is 192 Å². The van der Waals surface area contributed by atoms with Crippen LogP contribution in [0.25, 0.3) is 0 Å². The lowest BCUT2D eigenvalue weighted by Crippen LogP contribution is -2.71. The fourth-order valence-corrected chi connectivity index (χ4v) is 10.8. The van der Waals surface area contributed by atoms with Crippen LogP contribution in [0, 0.1) is 0 Å². The van der Waals surface area contributed by atoms with E-state index in [1.54, 1.807) is 53.9 Å². The van der Waals surface area contributed by atoms with E-state index >= 15 is 0 Å². The number of hydrogen-bond acceptors (Lipinski definition) is 13. The second-order valence-electron chi connectivity index (χ2n) is 16.1. The lowest BCUT2D eigenvalue weighted by Gasteiger charge is -2.49. The Labute approximate surface area is 414 Å². The number of oxime groups is 1. The van der Waals surface area contributed by atoms with Gasteiger partial charge in [-0.2, -0.15) is 0 Å². The Morgan fingerprint density at radius 2 is 1.31 bits per heavy atom. The van der Waals surface area contributed by atoms with Crippen LogP contribution in [0.1, 0.15) is 51.3 Å². The number of aromatic hydroxyl groups is 2. The summed E-state index contributed by atoms with van der Waals surface area (Å²) in [6.45, 7) is 0. The molecule has 0 bridgehead atoms. The van der Waals surface area contributed by atoms with E-state index in [1.807, 2.05) is 103 Å². The van der Waals surface area contributed by atoms with Crippen LogP contribution in [-0.4, -0.2) is 77.7 Å². The molecule has 1 aromatic heterocycles. The number of nitrogens with zero attached hydrogens (tertiary/aromatic N) is 3. The van der Waals surface area contributed by atoms with Gasteiger partial charge in [0, 0.05) is 22.6 Å². The van der Waals surface area contributed by atoms with E-state index in [4.69, 9.17) is 26.2 Å². The molecular formula is C53H42ClN5O9S2. The number of esters is 1. The first-order chi connectivity index (χ1) is 34.1. The Morgan fingerprint density at radius 1 is 0.771 bits per heavy atom. The maximum atomic E-state index is 14.7. The molecule has 3 heterocycles. The first-order valence-corrected chi connectivity index (χ1v) is 24.3. The molecule has 70 heavy (non-hydrogen) atoms. The van der Waals surface area contributed by atoms with Crippen molar-refractivity contribution < 1.29 is 44.1 Å². The number of hydrogen-bond donors (Lipinski definition) is 5. The highest BCUT2D eigenvalue weighted by atomic mass is 35.5. The van der Waals surface area contributed by atoms with E-state index in [-0.39, 0.29) is 28.6 Å². The molecule has 1 unspecified atom stereocenters. The smallest absolute Gasteiger partial charge is 0.355 e. The Bertz CT molecular complexity index is 2960. The maximum Gasteiger partial charge on any atom is 0.355 e. The third-order valence-electron chi connectivity index (χ3n) is 11.8. The fourth-order valence-electron chi connectivity index (χ4n) is 8.39. The molecule has 7 aromatic rings. The number of anilines is 1. The number of halogens is 1. The zero-order valence-electron chi connectivity index (χ0n) is 36.8. The van der Waals surface area contributed by atoms with E-state index in [0.29, 0.717) is 21.8 Å². The fraction of sp³-hybridized carbons (Fsp3) is 0.132. The van der Waals surface area contributed by atoms with Crippen molar-refractivity contribution in [3.63, 3.8) is 0 Å². The van der Waals surface area contributed by atoms with Crippen LogP contribution in [0.2, 0.25) is 0 Å². The number of carboxylic acids is 1. The van der Waals surface area contributed by atoms with Gasteiger partial charge in [-0.05, 0) is 45.5 Å². The third kappa shape index (κ3) is 9.44. The highest BCUT2D eigenvalue weighted by molar-refractivity contribution is 8.00. The van der Waals surface area contributed by atoms with Crippen LogP contribution in [-0.2, 0) is 34.3 Å². The lowest BCUT2D eigenvalue weighted by atomic mass is 9.77. The molecule has 1 fully saturated rings. The normalized spacial score (nSPS) is 16.2. The number of ether oxygens (including phenoxy) is 1. The summed E-state index contributed by atoms with van der Waals surface area (Å²) in [6, 6.07) is 49.8. The van der Waals surface area contributed by atoms with Crippen molar-refractivity contribution in [2.75, 3.05) is 16.9 Å². The van der Waals surface area contributed by atoms with Crippen molar-refractivity contribution in [2.24, 2.45) is 5.16 Å². The summed E-state index contributed by atoms with van der Waals surface area (Å²) >= 11 is 8.47. The van der Waals surface area contributed by atoms with Gasteiger partial charge in [0.05, 0.1) is 0 Å². The second kappa shape index (κ2) is 20.7. The van der Waals surface area contributed by atoms with Gasteiger partial charge in [-0.1, -0.05) is 163 Å². The van der Waals surface area contributed by atoms with Crippen molar-refractivity contribution in [3.8, 4) is 11.5 Å². The van der Waals surface area contributed by atoms with Gasteiger partial charge >= 0.3 is 11.9 Å². The van der Waals surface area contributed by atoms with Crippen LogP contribution >= 0.6 is 34.7 Å². The number of rotatable bonds is 17. The average molecular weight is 993 g/mol. The highest BCUT2D eigenvalue weighted by Gasteiger charge is 2.54. The first kappa shape index (κ1) is 47.2. The topological polar surface area (TPSA) is 200 Å². The number of carbonyl (C=O) groups is 4. The number of thioether (sulfide) groups is 1. The number of aliphatic carboxylic acids is 1. The number of aromatic nitrogens is 1. The van der Waals surface area contributed by atoms with Gasteiger partial charge in [-0.15, -0.1) is 34.7 Å². The SMILES string of the molecule is O=C(O)C1=C(CCl)CS[C@H]2C(NC(=O)C(=NO[C@H](C(=O)OC(c3ccccc3)c3ccccc3)c3ccc(O)c(O)c3)c3csc(NC(c4ccccc4)(c4ccccc4)c4ccccc4)n3)C(=O)N12. The van der Waals surface area contributed by atoms with E-state index < -0.39 is 70.1 Å². The number of phenols is 2. The number of benzene rings is 6. The molecule has 5 N–H and O–H groups in total.